The van der Waals surface area contributed by atoms with E-state index in [0.29, 0.717) is 12.0 Å². The minimum Gasteiger partial charge on any atom is -0.496 e. The average molecular weight is 379 g/mol. The number of likely N-dealkylation sites (tertiary alicyclic amines) is 1. The van der Waals surface area contributed by atoms with Crippen molar-refractivity contribution in [1.29, 1.82) is 0 Å². The molecular formula is C18H23BrN2O2. The van der Waals surface area contributed by atoms with Gasteiger partial charge in [0.2, 0.25) is 0 Å². The molecule has 2 heterocycles. The summed E-state index contributed by atoms with van der Waals surface area (Å²) in [5, 5.41) is 4.21. The number of benzene rings is 1. The molecule has 0 unspecified atom stereocenters. The first-order chi connectivity index (χ1) is 11.1. The van der Waals surface area contributed by atoms with Crippen molar-refractivity contribution in [1.82, 2.24) is 10.1 Å². The molecule has 0 saturated carbocycles. The molecule has 1 aliphatic heterocycles. The zero-order chi connectivity index (χ0) is 16.4. The molecule has 0 radical (unpaired) electrons. The lowest BCUT2D eigenvalue weighted by Crippen LogP contribution is -2.22. The second-order valence-corrected chi connectivity index (χ2v) is 7.26. The van der Waals surface area contributed by atoms with Crippen LogP contribution < -0.4 is 4.74 Å². The lowest BCUT2D eigenvalue weighted by atomic mass is 10.1. The first-order valence-electron chi connectivity index (χ1n) is 8.11. The van der Waals surface area contributed by atoms with Crippen LogP contribution >= 0.6 is 15.9 Å². The van der Waals surface area contributed by atoms with Crippen LogP contribution in [0.2, 0.25) is 0 Å². The molecule has 2 aromatic rings. The van der Waals surface area contributed by atoms with E-state index in [1.165, 1.54) is 12.0 Å². The van der Waals surface area contributed by atoms with E-state index in [-0.39, 0.29) is 0 Å². The average Bonchev–Trinajstić information content (AvgIpc) is 3.16. The Labute approximate surface area is 145 Å². The SMILES string of the molecule is COc1ccc(CN2CCC[C@@H]2c2cc(C(C)C)no2)cc1Br. The van der Waals surface area contributed by atoms with Crippen LogP contribution in [0.15, 0.2) is 33.3 Å². The van der Waals surface area contributed by atoms with E-state index in [2.05, 4.69) is 58.0 Å². The highest BCUT2D eigenvalue weighted by Gasteiger charge is 2.29. The molecule has 0 spiro atoms. The van der Waals surface area contributed by atoms with Gasteiger partial charge in [0, 0.05) is 12.6 Å². The van der Waals surface area contributed by atoms with Gasteiger partial charge in [-0.25, -0.2) is 0 Å². The topological polar surface area (TPSA) is 38.5 Å². The molecule has 1 saturated heterocycles. The van der Waals surface area contributed by atoms with Crippen LogP contribution in [0, 0.1) is 0 Å². The van der Waals surface area contributed by atoms with Gasteiger partial charge in [-0.05, 0) is 58.9 Å². The second kappa shape index (κ2) is 7.05. The van der Waals surface area contributed by atoms with Gasteiger partial charge >= 0.3 is 0 Å². The number of ether oxygens (including phenoxy) is 1. The molecule has 5 heteroatoms. The maximum atomic E-state index is 5.62. The molecule has 0 aliphatic carbocycles. The van der Waals surface area contributed by atoms with Crippen molar-refractivity contribution in [3.8, 4) is 5.75 Å². The van der Waals surface area contributed by atoms with Gasteiger partial charge in [-0.3, -0.25) is 4.90 Å². The minimum atomic E-state index is 0.330. The summed E-state index contributed by atoms with van der Waals surface area (Å²) in [7, 11) is 1.69. The predicted octanol–water partition coefficient (Wildman–Crippen LogP) is 4.91. The van der Waals surface area contributed by atoms with Gasteiger partial charge < -0.3 is 9.26 Å². The second-order valence-electron chi connectivity index (χ2n) is 6.41. The van der Waals surface area contributed by atoms with Gasteiger partial charge in [0.05, 0.1) is 23.3 Å². The number of aromatic nitrogens is 1. The van der Waals surface area contributed by atoms with Crippen molar-refractivity contribution in [3.63, 3.8) is 0 Å². The molecule has 0 N–H and O–H groups in total. The van der Waals surface area contributed by atoms with Gasteiger partial charge in [-0.1, -0.05) is 25.1 Å². The van der Waals surface area contributed by atoms with E-state index in [1.807, 2.05) is 6.07 Å². The monoisotopic (exact) mass is 378 g/mol. The molecule has 1 aromatic carbocycles. The Hall–Kier alpha value is -1.33. The van der Waals surface area contributed by atoms with Crippen molar-refractivity contribution < 1.29 is 9.26 Å². The number of methoxy groups -OCH3 is 1. The maximum Gasteiger partial charge on any atom is 0.154 e. The third kappa shape index (κ3) is 3.61. The van der Waals surface area contributed by atoms with Gasteiger partial charge in [0.25, 0.3) is 0 Å². The van der Waals surface area contributed by atoms with Crippen LogP contribution in [0.4, 0.5) is 0 Å². The fourth-order valence-electron chi connectivity index (χ4n) is 3.11. The summed E-state index contributed by atoms with van der Waals surface area (Å²) in [5.74, 6) is 2.27. The molecule has 0 bridgehead atoms. The number of halogens is 1. The van der Waals surface area contributed by atoms with Gasteiger partial charge in [0.15, 0.2) is 5.76 Å². The largest absolute Gasteiger partial charge is 0.496 e. The van der Waals surface area contributed by atoms with Crippen molar-refractivity contribution in [3.05, 3.63) is 45.8 Å². The van der Waals surface area contributed by atoms with Gasteiger partial charge in [-0.2, -0.15) is 0 Å². The Kier molecular flexibility index (Phi) is 5.07. The Morgan fingerprint density at radius 1 is 1.39 bits per heavy atom. The highest BCUT2D eigenvalue weighted by Crippen LogP contribution is 2.35. The highest BCUT2D eigenvalue weighted by atomic mass is 79.9. The Morgan fingerprint density at radius 2 is 2.22 bits per heavy atom. The molecule has 23 heavy (non-hydrogen) atoms. The highest BCUT2D eigenvalue weighted by molar-refractivity contribution is 9.10. The summed E-state index contributed by atoms with van der Waals surface area (Å²) >= 11 is 3.56. The lowest BCUT2D eigenvalue weighted by molar-refractivity contribution is 0.206. The molecule has 3 rings (SSSR count). The maximum absolute atomic E-state index is 5.62. The smallest absolute Gasteiger partial charge is 0.154 e. The van der Waals surface area contributed by atoms with Crippen molar-refractivity contribution in [2.45, 2.75) is 45.2 Å². The summed E-state index contributed by atoms with van der Waals surface area (Å²) < 4.78 is 11.9. The fourth-order valence-corrected chi connectivity index (χ4v) is 3.70. The van der Waals surface area contributed by atoms with Gasteiger partial charge in [0.1, 0.15) is 5.75 Å². The number of rotatable bonds is 5. The molecular weight excluding hydrogens is 356 g/mol. The van der Waals surface area contributed by atoms with E-state index in [9.17, 15) is 0 Å². The number of nitrogens with zero attached hydrogens (tertiary/aromatic N) is 2. The van der Waals surface area contributed by atoms with Crippen LogP contribution in [0.25, 0.3) is 0 Å². The van der Waals surface area contributed by atoms with Crippen molar-refractivity contribution in [2.24, 2.45) is 0 Å². The Morgan fingerprint density at radius 3 is 2.87 bits per heavy atom. The lowest BCUT2D eigenvalue weighted by Gasteiger charge is -2.22. The van der Waals surface area contributed by atoms with E-state index in [4.69, 9.17) is 9.26 Å². The third-order valence-electron chi connectivity index (χ3n) is 4.43. The van der Waals surface area contributed by atoms with E-state index >= 15 is 0 Å². The Bertz CT molecular complexity index is 669. The molecule has 1 fully saturated rings. The van der Waals surface area contributed by atoms with Crippen molar-refractivity contribution >= 4 is 15.9 Å². The van der Waals surface area contributed by atoms with Crippen LogP contribution in [-0.2, 0) is 6.54 Å². The first kappa shape index (κ1) is 16.5. The summed E-state index contributed by atoms with van der Waals surface area (Å²) in [6.45, 7) is 6.28. The van der Waals surface area contributed by atoms with Crippen molar-refractivity contribution in [2.75, 3.05) is 13.7 Å². The molecule has 4 nitrogen and oxygen atoms in total. The van der Waals surface area contributed by atoms with E-state index in [0.717, 1.165) is 41.2 Å². The minimum absolute atomic E-state index is 0.330. The molecule has 1 aliphatic rings. The molecule has 124 valence electrons. The predicted molar refractivity (Wildman–Crippen MR) is 93.7 cm³/mol. The summed E-state index contributed by atoms with van der Waals surface area (Å²) in [6, 6.07) is 8.72. The Balaban J connectivity index is 1.75. The van der Waals surface area contributed by atoms with Crippen LogP contribution in [-0.4, -0.2) is 23.7 Å². The zero-order valence-corrected chi connectivity index (χ0v) is 15.5. The number of hydrogen-bond donors (Lipinski definition) is 0. The quantitative estimate of drug-likeness (QED) is 0.740. The summed E-state index contributed by atoms with van der Waals surface area (Å²) in [4.78, 5) is 2.47. The first-order valence-corrected chi connectivity index (χ1v) is 8.90. The summed E-state index contributed by atoms with van der Waals surface area (Å²) in [6.07, 6.45) is 2.32. The zero-order valence-electron chi connectivity index (χ0n) is 13.9. The van der Waals surface area contributed by atoms with E-state index in [1.54, 1.807) is 7.11 Å². The molecule has 0 amide bonds. The standard InChI is InChI=1S/C18H23BrN2O2/c1-12(2)15-10-18(23-20-15)16-5-4-8-21(16)11-13-6-7-17(22-3)14(19)9-13/h6-7,9-10,12,16H,4-5,8,11H2,1-3H3/t16-/m1/s1. The van der Waals surface area contributed by atoms with Crippen LogP contribution in [0.3, 0.4) is 0 Å². The van der Waals surface area contributed by atoms with Crippen LogP contribution in [0.1, 0.15) is 55.7 Å². The fraction of sp³-hybridized carbons (Fsp3) is 0.500. The number of hydrogen-bond acceptors (Lipinski definition) is 4. The summed E-state index contributed by atoms with van der Waals surface area (Å²) in [5.41, 5.74) is 2.31. The van der Waals surface area contributed by atoms with Gasteiger partial charge in [-0.15, -0.1) is 0 Å². The van der Waals surface area contributed by atoms with Crippen LogP contribution in [0.5, 0.6) is 5.75 Å². The third-order valence-corrected chi connectivity index (χ3v) is 5.05. The molecule has 1 aromatic heterocycles. The molecule has 1 atom stereocenters. The normalized spacial score (nSPS) is 18.7. The van der Waals surface area contributed by atoms with E-state index < -0.39 is 0 Å².